The summed E-state index contributed by atoms with van der Waals surface area (Å²) in [5.74, 6) is -15.3. The van der Waals surface area contributed by atoms with Gasteiger partial charge in [0.1, 0.15) is 0 Å². The van der Waals surface area contributed by atoms with E-state index in [1.165, 1.54) is 10.9 Å². The van der Waals surface area contributed by atoms with Crippen LogP contribution in [0.15, 0.2) is 76.8 Å². The Morgan fingerprint density at radius 2 is 0.897 bits per heavy atom. The molecule has 0 aliphatic carbocycles. The van der Waals surface area contributed by atoms with Gasteiger partial charge in [0.15, 0.2) is 46.6 Å². The lowest BCUT2D eigenvalue weighted by atomic mass is 9.83. The number of nitrogens with one attached hydrogen (secondary N) is 5. The number of carboxylic acids is 2. The first-order valence-electron chi connectivity index (χ1n) is 41.9. The Bertz CT molecular complexity index is 3680. The van der Waals surface area contributed by atoms with Crippen molar-refractivity contribution >= 4 is 88.1 Å². The fourth-order valence-electron chi connectivity index (χ4n) is 14.3. The maximum absolute atomic E-state index is 15.0. The van der Waals surface area contributed by atoms with Crippen molar-refractivity contribution in [3.8, 4) is 0 Å². The number of hydrogen-bond acceptors (Lipinski definition) is 20. The highest BCUT2D eigenvalue weighted by molar-refractivity contribution is 5.99. The Hall–Kier alpha value is -9.69. The largest absolute Gasteiger partial charge is 0.481 e. The van der Waals surface area contributed by atoms with Crippen molar-refractivity contribution in [3.63, 3.8) is 0 Å². The van der Waals surface area contributed by atoms with Crippen molar-refractivity contribution in [2.75, 3.05) is 26.2 Å². The van der Waals surface area contributed by atoms with Gasteiger partial charge >= 0.3 is 11.9 Å². The first kappa shape index (κ1) is 102. The second kappa shape index (κ2) is 55.1. The Kier molecular flexibility index (Phi) is 47.8. The number of Topliss-reactive ketones (excluding diaryl/α,β-unsaturated/α-hetero) is 6. The number of carbonyl (C=O) groups is 13. The number of nitrogens with two attached hydrogens (primary N) is 7. The second-order valence-electron chi connectivity index (χ2n) is 32.4. The summed E-state index contributed by atoms with van der Waals surface area (Å²) in [6.45, 7) is 17.5. The fraction of sp³-hybridized carbons (Fsp3) is 0.659. The summed E-state index contributed by atoms with van der Waals surface area (Å²) in [5.41, 5.74) is 42.5. The SMILES string of the molecule is CCC(=O)N[C@H](CC(C)C)C(=O)C[C@H](CC(C)C)C(=O)N[C@H](Cc1ccccc1)C(=O)C[C@H](Cc1ccccc1)C(=O)N[C@H](CCCCN)C(=O)C[C@H](CCCCn1nncc1C[C@@H](N)C(=O)C[C@H](CCCN=C(N)N)C(=O)N[C@H](CCCN=C(N)N)C(=O)C[C@@H](C(=O)N[C@@H](C(=O)C[C@H](CCCCN)C(=O)O)C(C)C)C(C)CC)C(=O)O. The number of rotatable bonds is 64. The zero-order valence-electron chi connectivity index (χ0n) is 70.5. The number of carboxylic acid groups (broad SMARTS) is 2. The van der Waals surface area contributed by atoms with Crippen molar-refractivity contribution in [2.45, 2.75) is 272 Å². The number of aryl methyl sites for hydroxylation is 1. The molecule has 0 bridgehead atoms. The van der Waals surface area contributed by atoms with Crippen molar-refractivity contribution in [3.05, 3.63) is 83.7 Å². The van der Waals surface area contributed by atoms with Crippen LogP contribution in [0.1, 0.15) is 227 Å². The summed E-state index contributed by atoms with van der Waals surface area (Å²) in [5, 5.41) is 43.2. The summed E-state index contributed by atoms with van der Waals surface area (Å²) in [4.78, 5) is 190. The molecular weight excluding hydrogens is 1500 g/mol. The number of benzene rings is 2. The lowest BCUT2D eigenvalue weighted by Gasteiger charge is -2.29. The number of nitrogens with zero attached hydrogens (tertiary/aromatic N) is 5. The number of amides is 5. The highest BCUT2D eigenvalue weighted by Gasteiger charge is 2.39. The van der Waals surface area contributed by atoms with Crippen LogP contribution in [-0.4, -0.2) is 176 Å². The van der Waals surface area contributed by atoms with Crippen LogP contribution in [0, 0.1) is 59.2 Å². The van der Waals surface area contributed by atoms with Gasteiger partial charge in [0, 0.05) is 94.7 Å². The number of aliphatic carboxylic acids is 2. The molecule has 0 fully saturated rings. The monoisotopic (exact) mass is 1640 g/mol. The average Bonchev–Trinajstić information content (AvgIpc) is 1.02. The number of aromatic nitrogens is 3. The number of hydrogen-bond donors (Lipinski definition) is 14. The maximum atomic E-state index is 15.0. The summed E-state index contributed by atoms with van der Waals surface area (Å²) in [7, 11) is 0. The van der Waals surface area contributed by atoms with Gasteiger partial charge in [-0.15, -0.1) is 5.10 Å². The molecule has 13 atom stereocenters. The van der Waals surface area contributed by atoms with Crippen molar-refractivity contribution in [2.24, 2.45) is 109 Å². The third kappa shape index (κ3) is 39.4. The predicted molar refractivity (Wildman–Crippen MR) is 449 cm³/mol. The van der Waals surface area contributed by atoms with Crippen LogP contribution in [-0.2, 0) is 88.1 Å². The highest BCUT2D eigenvalue weighted by Crippen LogP contribution is 2.28. The molecule has 117 heavy (non-hydrogen) atoms. The van der Waals surface area contributed by atoms with Crippen LogP contribution in [0.5, 0.6) is 0 Å². The molecule has 1 heterocycles. The summed E-state index contributed by atoms with van der Waals surface area (Å²) in [6, 6.07) is 11.4. The van der Waals surface area contributed by atoms with Crippen molar-refractivity contribution < 1.29 is 72.5 Å². The van der Waals surface area contributed by atoms with Crippen molar-refractivity contribution in [1.29, 1.82) is 0 Å². The van der Waals surface area contributed by atoms with E-state index in [0.29, 0.717) is 69.2 Å². The normalized spacial score (nSPS) is 14.8. The Morgan fingerprint density at radius 3 is 1.42 bits per heavy atom. The van der Waals surface area contributed by atoms with Gasteiger partial charge < -0.3 is 76.9 Å². The van der Waals surface area contributed by atoms with Gasteiger partial charge in [-0.05, 0) is 144 Å². The minimum Gasteiger partial charge on any atom is -0.481 e. The predicted octanol–water partition coefficient (Wildman–Crippen LogP) is 5.42. The van der Waals surface area contributed by atoms with Gasteiger partial charge in [-0.25, -0.2) is 4.68 Å². The molecule has 1 unspecified atom stereocenters. The van der Waals surface area contributed by atoms with E-state index in [0.717, 1.165) is 5.56 Å². The number of aliphatic imine (C=N–C) groups is 2. The molecule has 2 aromatic carbocycles. The molecule has 5 amide bonds. The Labute approximate surface area is 690 Å². The number of unbranched alkanes of at least 4 members (excludes halogenated alkanes) is 3. The average molecular weight is 1640 g/mol. The molecule has 32 nitrogen and oxygen atoms in total. The maximum Gasteiger partial charge on any atom is 0.306 e. The van der Waals surface area contributed by atoms with Gasteiger partial charge in [0.2, 0.25) is 29.5 Å². The smallest absolute Gasteiger partial charge is 0.306 e. The molecule has 0 aliphatic rings. The zero-order chi connectivity index (χ0) is 87.3. The molecule has 0 saturated carbocycles. The standard InChI is InChI=1S/C85H137N17O15/c1-10-55(9)64(81(113)100-77(54(7)8)75(108)46-60(83(116)117)30-18-21-35-86)50-74(107)67(34-25-38-94-85(91)92)97-78(110)58(32-24-37-93-84(89)90)44-70(103)65(88)49-63-51-95-101-102(63)39-23-20-31-59(82(114)115)45-71(104)66(33-19-22-36-87)98-80(112)62(42-56-26-14-12-15-27-56)48-73(106)69(43-57-28-16-13-17-29-57)99-79(111)61(40-52(3)4)47-72(105)68(41-53(5)6)96-76(109)11-2/h12-17,26-29,51-55,58-62,64-69,77H,10-11,18-25,30-50,86-88H2,1-9H3,(H,96,109)(H,97,110)(H,98,112)(H,99,111)(H,100,113)(H,114,115)(H,116,117)(H4,89,90,93)(H4,91,92,94)/t55?,58-,59-,60-,61-,62-,64+,65+,66+,67+,68+,69+,77+/m0/s1. The van der Waals surface area contributed by atoms with E-state index in [1.54, 1.807) is 70.2 Å². The van der Waals surface area contributed by atoms with Gasteiger partial charge in [-0.2, -0.15) is 0 Å². The quantitative estimate of drug-likeness (QED) is 0.0190. The lowest BCUT2D eigenvalue weighted by molar-refractivity contribution is -0.145. The minimum atomic E-state index is -1.24. The van der Waals surface area contributed by atoms with E-state index in [2.05, 4.69) is 46.9 Å². The lowest BCUT2D eigenvalue weighted by Crippen LogP contribution is -2.50. The molecule has 3 rings (SSSR count). The molecular formula is C85H137N17O15. The first-order chi connectivity index (χ1) is 55.5. The van der Waals surface area contributed by atoms with Gasteiger partial charge in [-0.3, -0.25) is 72.3 Å². The zero-order valence-corrected chi connectivity index (χ0v) is 70.5. The molecule has 21 N–H and O–H groups in total. The van der Waals surface area contributed by atoms with Gasteiger partial charge in [0.25, 0.3) is 0 Å². The number of carbonyl (C=O) groups excluding carboxylic acids is 11. The highest BCUT2D eigenvalue weighted by atomic mass is 16.4. The van der Waals surface area contributed by atoms with E-state index in [4.69, 9.17) is 40.1 Å². The third-order valence-electron chi connectivity index (χ3n) is 21.3. The van der Waals surface area contributed by atoms with Crippen LogP contribution in [0.4, 0.5) is 0 Å². The third-order valence-corrected chi connectivity index (χ3v) is 21.3. The molecule has 652 valence electrons. The molecule has 3 aromatic rings. The minimum absolute atomic E-state index is 0.0177. The molecule has 32 heteroatoms. The van der Waals surface area contributed by atoms with E-state index in [9.17, 15) is 72.5 Å². The Balaban J connectivity index is 1.86. The van der Waals surface area contributed by atoms with Crippen LogP contribution >= 0.6 is 0 Å². The summed E-state index contributed by atoms with van der Waals surface area (Å²) < 4.78 is 1.52. The van der Waals surface area contributed by atoms with Gasteiger partial charge in [-0.1, -0.05) is 147 Å². The summed E-state index contributed by atoms with van der Waals surface area (Å²) in [6.07, 6.45) is 4.12. The summed E-state index contributed by atoms with van der Waals surface area (Å²) >= 11 is 0. The number of guanidine groups is 2. The van der Waals surface area contributed by atoms with Crippen LogP contribution in [0.25, 0.3) is 0 Å². The number of ketones is 6. The van der Waals surface area contributed by atoms with Crippen LogP contribution in [0.2, 0.25) is 0 Å². The van der Waals surface area contributed by atoms with Crippen LogP contribution < -0.4 is 66.7 Å². The van der Waals surface area contributed by atoms with E-state index < -0.39 is 161 Å². The Morgan fingerprint density at radius 1 is 0.453 bits per heavy atom. The fourth-order valence-corrected chi connectivity index (χ4v) is 14.3. The van der Waals surface area contributed by atoms with E-state index in [-0.39, 0.29) is 164 Å². The van der Waals surface area contributed by atoms with E-state index >= 15 is 0 Å². The molecule has 0 saturated heterocycles. The molecule has 0 spiro atoms. The topological polar surface area (TPSA) is 560 Å². The first-order valence-corrected chi connectivity index (χ1v) is 41.9. The van der Waals surface area contributed by atoms with Crippen LogP contribution in [0.3, 0.4) is 0 Å². The second-order valence-corrected chi connectivity index (χ2v) is 32.4. The molecule has 0 radical (unpaired) electrons. The van der Waals surface area contributed by atoms with Crippen molar-refractivity contribution in [1.82, 2.24) is 41.6 Å². The molecule has 1 aromatic heterocycles. The van der Waals surface area contributed by atoms with E-state index in [1.807, 2.05) is 52.8 Å². The van der Waals surface area contributed by atoms with Gasteiger partial charge in [0.05, 0.1) is 60.0 Å². The molecule has 0 aliphatic heterocycles.